The van der Waals surface area contributed by atoms with E-state index in [1.165, 1.54) is 19.2 Å². The number of rotatable bonds is 6. The lowest BCUT2D eigenvalue weighted by molar-refractivity contribution is -0.277. The van der Waals surface area contributed by atoms with Crippen molar-refractivity contribution in [3.05, 3.63) is 23.8 Å². The minimum absolute atomic E-state index is 0.0623. The zero-order chi connectivity index (χ0) is 17.9. The SMILES string of the molecule is CCC(=O)c1ccc(O[C@@H]2O[C@H](CO)[C@@H](O)[C@@H](O)[C@@H]2O)c(OC)c1. The van der Waals surface area contributed by atoms with Gasteiger partial charge in [-0.3, -0.25) is 4.79 Å². The normalized spacial score (nSPS) is 30.0. The molecule has 1 saturated heterocycles. The van der Waals surface area contributed by atoms with Crippen LogP contribution in [0.2, 0.25) is 0 Å². The second-order valence-electron chi connectivity index (χ2n) is 5.46. The van der Waals surface area contributed by atoms with Gasteiger partial charge in [-0.1, -0.05) is 6.92 Å². The van der Waals surface area contributed by atoms with Crippen molar-refractivity contribution < 1.29 is 39.4 Å². The van der Waals surface area contributed by atoms with E-state index in [0.717, 1.165) is 0 Å². The molecule has 0 unspecified atom stereocenters. The summed E-state index contributed by atoms with van der Waals surface area (Å²) in [6.07, 6.45) is -6.56. The summed E-state index contributed by atoms with van der Waals surface area (Å²) in [5, 5.41) is 38.7. The van der Waals surface area contributed by atoms with E-state index in [1.807, 2.05) is 0 Å². The van der Waals surface area contributed by atoms with Crippen molar-refractivity contribution in [2.75, 3.05) is 13.7 Å². The van der Waals surface area contributed by atoms with E-state index in [2.05, 4.69) is 0 Å². The van der Waals surface area contributed by atoms with Gasteiger partial charge in [-0.25, -0.2) is 0 Å². The molecule has 8 nitrogen and oxygen atoms in total. The summed E-state index contributed by atoms with van der Waals surface area (Å²) in [5.41, 5.74) is 0.454. The maximum absolute atomic E-state index is 11.7. The molecule has 0 radical (unpaired) electrons. The molecule has 24 heavy (non-hydrogen) atoms. The van der Waals surface area contributed by atoms with E-state index in [9.17, 15) is 25.2 Å². The number of aliphatic hydroxyl groups excluding tert-OH is 4. The van der Waals surface area contributed by atoms with Gasteiger partial charge in [0.25, 0.3) is 0 Å². The summed E-state index contributed by atoms with van der Waals surface area (Å²) >= 11 is 0. The van der Waals surface area contributed by atoms with Crippen LogP contribution in [0.4, 0.5) is 0 Å². The van der Waals surface area contributed by atoms with Gasteiger partial charge < -0.3 is 34.6 Å². The molecule has 1 aliphatic heterocycles. The first kappa shape index (κ1) is 18.6. The molecule has 0 bridgehead atoms. The molecule has 0 aliphatic carbocycles. The predicted molar refractivity (Wildman–Crippen MR) is 82.0 cm³/mol. The molecule has 5 atom stereocenters. The zero-order valence-electron chi connectivity index (χ0n) is 13.5. The van der Waals surface area contributed by atoms with Crippen molar-refractivity contribution in [2.24, 2.45) is 0 Å². The molecule has 2 rings (SSSR count). The number of ketones is 1. The van der Waals surface area contributed by atoms with E-state index < -0.39 is 37.3 Å². The van der Waals surface area contributed by atoms with Crippen molar-refractivity contribution in [2.45, 2.75) is 44.1 Å². The highest BCUT2D eigenvalue weighted by atomic mass is 16.7. The van der Waals surface area contributed by atoms with Crippen molar-refractivity contribution >= 4 is 5.78 Å². The van der Waals surface area contributed by atoms with Crippen LogP contribution < -0.4 is 9.47 Å². The van der Waals surface area contributed by atoms with Crippen LogP contribution in [0.15, 0.2) is 18.2 Å². The Hall–Kier alpha value is -1.71. The van der Waals surface area contributed by atoms with Gasteiger partial charge in [0.2, 0.25) is 6.29 Å². The van der Waals surface area contributed by atoms with Gasteiger partial charge >= 0.3 is 0 Å². The Morgan fingerprint density at radius 2 is 1.88 bits per heavy atom. The van der Waals surface area contributed by atoms with E-state index >= 15 is 0 Å². The maximum atomic E-state index is 11.7. The van der Waals surface area contributed by atoms with Crippen LogP contribution in [0, 0.1) is 0 Å². The van der Waals surface area contributed by atoms with E-state index in [0.29, 0.717) is 12.0 Å². The highest BCUT2D eigenvalue weighted by Gasteiger charge is 2.44. The molecule has 8 heteroatoms. The summed E-state index contributed by atoms with van der Waals surface area (Å²) in [5.74, 6) is 0.383. The lowest BCUT2D eigenvalue weighted by atomic mass is 9.99. The zero-order valence-corrected chi connectivity index (χ0v) is 13.5. The van der Waals surface area contributed by atoms with Crippen molar-refractivity contribution in [1.82, 2.24) is 0 Å². The van der Waals surface area contributed by atoms with Crippen LogP contribution >= 0.6 is 0 Å². The Morgan fingerprint density at radius 1 is 1.17 bits per heavy atom. The van der Waals surface area contributed by atoms with Gasteiger partial charge in [-0.05, 0) is 18.2 Å². The first-order chi connectivity index (χ1) is 11.4. The predicted octanol–water partition coefficient (Wildman–Crippen LogP) is -0.533. The average molecular weight is 342 g/mol. The molecule has 4 N–H and O–H groups in total. The first-order valence-corrected chi connectivity index (χ1v) is 7.61. The van der Waals surface area contributed by atoms with Crippen molar-refractivity contribution in [3.8, 4) is 11.5 Å². The third-order valence-electron chi connectivity index (χ3n) is 3.90. The molecule has 1 fully saturated rings. The standard InChI is InChI=1S/C16H22O8/c1-3-9(18)8-4-5-10(11(6-8)22-2)23-16-15(21)14(20)13(19)12(7-17)24-16/h4-6,12-17,19-21H,3,7H2,1-2H3/t12-,13-,14-,15+,16-/m1/s1. The summed E-state index contributed by atoms with van der Waals surface area (Å²) in [7, 11) is 1.40. The number of methoxy groups -OCH3 is 1. The van der Waals surface area contributed by atoms with Crippen LogP contribution in [-0.4, -0.2) is 70.6 Å². The quantitative estimate of drug-likeness (QED) is 0.508. The van der Waals surface area contributed by atoms with E-state index in [-0.39, 0.29) is 17.3 Å². The lowest BCUT2D eigenvalue weighted by Crippen LogP contribution is -2.60. The minimum Gasteiger partial charge on any atom is -0.493 e. The molecule has 1 aromatic rings. The van der Waals surface area contributed by atoms with Gasteiger partial charge in [0.15, 0.2) is 17.3 Å². The Morgan fingerprint density at radius 3 is 2.46 bits per heavy atom. The smallest absolute Gasteiger partial charge is 0.229 e. The van der Waals surface area contributed by atoms with Crippen LogP contribution in [0.1, 0.15) is 23.7 Å². The minimum atomic E-state index is -1.53. The Labute approximate surface area is 139 Å². The summed E-state index contributed by atoms with van der Waals surface area (Å²) in [4.78, 5) is 11.7. The number of aliphatic hydroxyl groups is 4. The molecule has 134 valence electrons. The monoisotopic (exact) mass is 342 g/mol. The van der Waals surface area contributed by atoms with Crippen LogP contribution in [-0.2, 0) is 4.74 Å². The summed E-state index contributed by atoms with van der Waals surface area (Å²) in [6.45, 7) is 1.19. The highest BCUT2D eigenvalue weighted by molar-refractivity contribution is 5.96. The average Bonchev–Trinajstić information content (AvgIpc) is 2.61. The number of carbonyl (C=O) groups excluding carboxylic acids is 1. The van der Waals surface area contributed by atoms with Gasteiger partial charge in [-0.2, -0.15) is 0 Å². The van der Waals surface area contributed by atoms with E-state index in [4.69, 9.17) is 14.2 Å². The van der Waals surface area contributed by atoms with Crippen molar-refractivity contribution in [3.63, 3.8) is 0 Å². The lowest BCUT2D eigenvalue weighted by Gasteiger charge is -2.39. The van der Waals surface area contributed by atoms with Gasteiger partial charge in [0.05, 0.1) is 13.7 Å². The molecular formula is C16H22O8. The third kappa shape index (κ3) is 3.68. The molecule has 1 aliphatic rings. The fourth-order valence-electron chi connectivity index (χ4n) is 2.43. The topological polar surface area (TPSA) is 126 Å². The Bertz CT molecular complexity index is 573. The fraction of sp³-hybridized carbons (Fsp3) is 0.562. The first-order valence-electron chi connectivity index (χ1n) is 7.61. The third-order valence-corrected chi connectivity index (χ3v) is 3.90. The number of hydrogen-bond acceptors (Lipinski definition) is 8. The fourth-order valence-corrected chi connectivity index (χ4v) is 2.43. The van der Waals surface area contributed by atoms with Crippen LogP contribution in [0.5, 0.6) is 11.5 Å². The molecule has 1 heterocycles. The molecule has 0 aromatic heterocycles. The van der Waals surface area contributed by atoms with Crippen molar-refractivity contribution in [1.29, 1.82) is 0 Å². The highest BCUT2D eigenvalue weighted by Crippen LogP contribution is 2.32. The van der Waals surface area contributed by atoms with Gasteiger partial charge in [0, 0.05) is 12.0 Å². The molecule has 0 amide bonds. The molecular weight excluding hydrogens is 320 g/mol. The molecule has 0 saturated carbocycles. The number of ether oxygens (including phenoxy) is 3. The number of benzene rings is 1. The van der Waals surface area contributed by atoms with Gasteiger partial charge in [0.1, 0.15) is 24.4 Å². The number of Topliss-reactive ketones (excluding diaryl/α,β-unsaturated/α-hetero) is 1. The van der Waals surface area contributed by atoms with Crippen LogP contribution in [0.25, 0.3) is 0 Å². The Kier molecular flexibility index (Phi) is 6.14. The van der Waals surface area contributed by atoms with Gasteiger partial charge in [-0.15, -0.1) is 0 Å². The Balaban J connectivity index is 2.21. The second-order valence-corrected chi connectivity index (χ2v) is 5.46. The van der Waals surface area contributed by atoms with Crippen LogP contribution in [0.3, 0.4) is 0 Å². The summed E-state index contributed by atoms with van der Waals surface area (Å²) in [6, 6.07) is 4.54. The molecule has 1 aromatic carbocycles. The number of carbonyl (C=O) groups is 1. The summed E-state index contributed by atoms with van der Waals surface area (Å²) < 4.78 is 16.0. The maximum Gasteiger partial charge on any atom is 0.229 e. The molecule has 0 spiro atoms. The number of hydrogen-bond donors (Lipinski definition) is 4. The van der Waals surface area contributed by atoms with E-state index in [1.54, 1.807) is 13.0 Å². The largest absolute Gasteiger partial charge is 0.493 e. The second kappa shape index (κ2) is 7.91.